The van der Waals surface area contributed by atoms with Crippen molar-refractivity contribution < 1.29 is 4.74 Å². The number of aromatic nitrogens is 4. The molecule has 2 aromatic rings. The molecule has 0 aliphatic rings. The highest BCUT2D eigenvalue weighted by Gasteiger charge is 2.05. The van der Waals surface area contributed by atoms with E-state index in [1.807, 2.05) is 5.38 Å². The van der Waals surface area contributed by atoms with Gasteiger partial charge in [-0.25, -0.2) is 4.98 Å². The Hall–Kier alpha value is -1.96. The first kappa shape index (κ1) is 12.5. The van der Waals surface area contributed by atoms with Crippen LogP contribution in [0, 0.1) is 0 Å². The van der Waals surface area contributed by atoms with Crippen molar-refractivity contribution in [2.24, 2.45) is 0 Å². The fraction of sp³-hybridized carbons (Fsp3) is 0.400. The minimum atomic E-state index is 0.283. The second kappa shape index (κ2) is 6.10. The molecule has 0 atom stereocenters. The molecule has 0 aromatic carbocycles. The van der Waals surface area contributed by atoms with Gasteiger partial charge in [0.05, 0.1) is 12.1 Å². The molecule has 0 aliphatic carbocycles. The van der Waals surface area contributed by atoms with Gasteiger partial charge in [-0.05, 0) is 0 Å². The predicted octanol–water partition coefficient (Wildman–Crippen LogP) is 1.03. The van der Waals surface area contributed by atoms with E-state index in [1.54, 1.807) is 24.6 Å². The molecular formula is C10H14N6OS. The van der Waals surface area contributed by atoms with Gasteiger partial charge in [-0.15, -0.1) is 11.3 Å². The Labute approximate surface area is 109 Å². The van der Waals surface area contributed by atoms with E-state index in [0.717, 1.165) is 11.4 Å². The summed E-state index contributed by atoms with van der Waals surface area (Å²) in [5.41, 5.74) is 0. The average Bonchev–Trinajstić information content (AvgIpc) is 2.91. The average molecular weight is 266 g/mol. The number of methoxy groups -OCH3 is 1. The molecule has 0 radical (unpaired) electrons. The molecule has 2 rings (SSSR count). The van der Waals surface area contributed by atoms with Crippen LogP contribution in [-0.2, 0) is 6.42 Å². The third-order valence-electron chi connectivity index (χ3n) is 2.13. The molecule has 0 fully saturated rings. The van der Waals surface area contributed by atoms with Gasteiger partial charge in [0.15, 0.2) is 0 Å². The molecule has 7 nitrogen and oxygen atoms in total. The minimum Gasteiger partial charge on any atom is -0.467 e. The Morgan fingerprint density at radius 3 is 2.78 bits per heavy atom. The van der Waals surface area contributed by atoms with Crippen molar-refractivity contribution in [1.82, 2.24) is 19.9 Å². The lowest BCUT2D eigenvalue weighted by molar-refractivity contribution is 0.379. The highest BCUT2D eigenvalue weighted by Crippen LogP contribution is 2.10. The van der Waals surface area contributed by atoms with Gasteiger partial charge in [0.1, 0.15) is 0 Å². The zero-order chi connectivity index (χ0) is 12.8. The zero-order valence-corrected chi connectivity index (χ0v) is 11.0. The van der Waals surface area contributed by atoms with E-state index in [2.05, 4.69) is 30.6 Å². The lowest BCUT2D eigenvalue weighted by Gasteiger charge is -2.06. The predicted molar refractivity (Wildman–Crippen MR) is 70.2 cm³/mol. The lowest BCUT2D eigenvalue weighted by atomic mass is 10.4. The Bertz CT molecular complexity index is 467. The normalized spacial score (nSPS) is 10.1. The summed E-state index contributed by atoms with van der Waals surface area (Å²) in [5, 5.41) is 9.01. The molecule has 2 aromatic heterocycles. The number of nitrogens with one attached hydrogen (secondary N) is 2. The highest BCUT2D eigenvalue weighted by atomic mass is 32.1. The molecule has 2 N–H and O–H groups in total. The molecule has 18 heavy (non-hydrogen) atoms. The lowest BCUT2D eigenvalue weighted by Crippen LogP contribution is -2.10. The second-order valence-corrected chi connectivity index (χ2v) is 4.30. The molecule has 0 spiro atoms. The quantitative estimate of drug-likeness (QED) is 0.807. The summed E-state index contributed by atoms with van der Waals surface area (Å²) >= 11 is 1.63. The van der Waals surface area contributed by atoms with E-state index < -0.39 is 0 Å². The van der Waals surface area contributed by atoms with Crippen molar-refractivity contribution in [3.63, 3.8) is 0 Å². The largest absolute Gasteiger partial charge is 0.467 e. The van der Waals surface area contributed by atoms with Gasteiger partial charge in [-0.3, -0.25) is 0 Å². The van der Waals surface area contributed by atoms with E-state index in [0.29, 0.717) is 18.4 Å². The molecule has 96 valence electrons. The summed E-state index contributed by atoms with van der Waals surface area (Å²) in [7, 11) is 3.27. The molecule has 0 unspecified atom stereocenters. The third-order valence-corrected chi connectivity index (χ3v) is 2.97. The summed E-state index contributed by atoms with van der Waals surface area (Å²) in [6, 6.07) is 0.283. The minimum absolute atomic E-state index is 0.283. The van der Waals surface area contributed by atoms with Gasteiger partial charge < -0.3 is 15.4 Å². The number of ether oxygens (including phenoxy) is 1. The summed E-state index contributed by atoms with van der Waals surface area (Å²) in [5.74, 6) is 0.960. The number of rotatable bonds is 6. The summed E-state index contributed by atoms with van der Waals surface area (Å²) in [6.07, 6.45) is 2.63. The maximum absolute atomic E-state index is 5.00. The van der Waals surface area contributed by atoms with Crippen LogP contribution in [0.5, 0.6) is 6.01 Å². The maximum atomic E-state index is 5.00. The Morgan fingerprint density at radius 1 is 1.28 bits per heavy atom. The van der Waals surface area contributed by atoms with Gasteiger partial charge in [-0.1, -0.05) is 0 Å². The van der Waals surface area contributed by atoms with Gasteiger partial charge in [0.2, 0.25) is 11.9 Å². The molecule has 0 saturated carbocycles. The van der Waals surface area contributed by atoms with E-state index in [1.165, 1.54) is 7.11 Å². The number of hydrogen-bond donors (Lipinski definition) is 2. The smallest absolute Gasteiger partial charge is 0.322 e. The van der Waals surface area contributed by atoms with Crippen molar-refractivity contribution in [1.29, 1.82) is 0 Å². The van der Waals surface area contributed by atoms with Crippen LogP contribution in [0.4, 0.5) is 11.9 Å². The standard InChI is InChI=1S/C10H14N6OS/c1-11-8-14-9(16-10(15-8)17-2)13-4-3-7-12-5-6-18-7/h5-6H,3-4H2,1-2H3,(H2,11,13,14,15,16). The Kier molecular flexibility index (Phi) is 4.24. The second-order valence-electron chi connectivity index (χ2n) is 3.32. The summed E-state index contributed by atoms with van der Waals surface area (Å²) in [4.78, 5) is 16.5. The van der Waals surface area contributed by atoms with Gasteiger partial charge in [0, 0.05) is 31.6 Å². The molecule has 8 heteroatoms. The van der Waals surface area contributed by atoms with E-state index in [4.69, 9.17) is 4.74 Å². The van der Waals surface area contributed by atoms with Crippen molar-refractivity contribution in [2.75, 3.05) is 31.3 Å². The highest BCUT2D eigenvalue weighted by molar-refractivity contribution is 7.09. The van der Waals surface area contributed by atoms with Crippen LogP contribution in [0.3, 0.4) is 0 Å². The van der Waals surface area contributed by atoms with Crippen molar-refractivity contribution in [3.05, 3.63) is 16.6 Å². The number of hydrogen-bond acceptors (Lipinski definition) is 8. The number of nitrogens with zero attached hydrogens (tertiary/aromatic N) is 4. The topological polar surface area (TPSA) is 84.9 Å². The van der Waals surface area contributed by atoms with Crippen molar-refractivity contribution in [3.8, 4) is 6.01 Å². The number of anilines is 2. The van der Waals surface area contributed by atoms with Crippen LogP contribution in [0.25, 0.3) is 0 Å². The zero-order valence-electron chi connectivity index (χ0n) is 10.2. The van der Waals surface area contributed by atoms with Crippen molar-refractivity contribution >= 4 is 23.2 Å². The molecule has 0 saturated heterocycles. The van der Waals surface area contributed by atoms with Crippen LogP contribution in [0.1, 0.15) is 5.01 Å². The van der Waals surface area contributed by atoms with Crippen LogP contribution >= 0.6 is 11.3 Å². The molecule has 0 aliphatic heterocycles. The first-order valence-corrected chi connectivity index (χ1v) is 6.30. The van der Waals surface area contributed by atoms with E-state index >= 15 is 0 Å². The van der Waals surface area contributed by atoms with Gasteiger partial charge >= 0.3 is 6.01 Å². The third kappa shape index (κ3) is 3.27. The summed E-state index contributed by atoms with van der Waals surface area (Å²) < 4.78 is 5.00. The molecule has 0 bridgehead atoms. The van der Waals surface area contributed by atoms with Crippen LogP contribution in [0.2, 0.25) is 0 Å². The van der Waals surface area contributed by atoms with Crippen molar-refractivity contribution in [2.45, 2.75) is 6.42 Å². The Balaban J connectivity index is 1.95. The molecular weight excluding hydrogens is 252 g/mol. The SMILES string of the molecule is CNc1nc(NCCc2nccs2)nc(OC)n1. The van der Waals surface area contributed by atoms with Crippen LogP contribution in [0.15, 0.2) is 11.6 Å². The maximum Gasteiger partial charge on any atom is 0.322 e. The molecule has 0 amide bonds. The first-order valence-electron chi connectivity index (χ1n) is 5.42. The van der Waals surface area contributed by atoms with E-state index in [9.17, 15) is 0 Å². The first-order chi connectivity index (χ1) is 8.81. The Morgan fingerprint density at radius 2 is 2.11 bits per heavy atom. The molecule has 2 heterocycles. The fourth-order valence-electron chi connectivity index (χ4n) is 1.30. The number of thiazole rings is 1. The van der Waals surface area contributed by atoms with Crippen LogP contribution in [-0.4, -0.2) is 40.6 Å². The van der Waals surface area contributed by atoms with Gasteiger partial charge in [-0.2, -0.15) is 15.0 Å². The monoisotopic (exact) mass is 266 g/mol. The summed E-state index contributed by atoms with van der Waals surface area (Å²) in [6.45, 7) is 0.712. The van der Waals surface area contributed by atoms with Gasteiger partial charge in [0.25, 0.3) is 0 Å². The van der Waals surface area contributed by atoms with E-state index in [-0.39, 0.29) is 6.01 Å². The van der Waals surface area contributed by atoms with Crippen LogP contribution < -0.4 is 15.4 Å². The fourth-order valence-corrected chi connectivity index (χ4v) is 1.92.